The molecule has 0 aliphatic heterocycles. The first-order valence-electron chi connectivity index (χ1n) is 4.46. The SMILES string of the molecule is COC(=O)C[C@@H](N)c1c(F)ccc(F)c1O.Cl. The Morgan fingerprint density at radius 3 is 2.53 bits per heavy atom. The topological polar surface area (TPSA) is 72.5 Å². The summed E-state index contributed by atoms with van der Waals surface area (Å²) in [5.41, 5.74) is 5.05. The number of hydrogen-bond donors (Lipinski definition) is 2. The zero-order chi connectivity index (χ0) is 12.3. The van der Waals surface area contributed by atoms with Crippen LogP contribution in [-0.2, 0) is 9.53 Å². The van der Waals surface area contributed by atoms with Crippen molar-refractivity contribution in [1.82, 2.24) is 0 Å². The Kier molecular flexibility index (Phi) is 5.84. The van der Waals surface area contributed by atoms with Crippen LogP contribution in [0.2, 0.25) is 0 Å². The van der Waals surface area contributed by atoms with E-state index in [1.165, 1.54) is 0 Å². The van der Waals surface area contributed by atoms with E-state index < -0.39 is 35.0 Å². The normalized spacial score (nSPS) is 11.5. The molecule has 0 aliphatic carbocycles. The van der Waals surface area contributed by atoms with Gasteiger partial charge in [0.2, 0.25) is 0 Å². The molecule has 0 aromatic heterocycles. The lowest BCUT2D eigenvalue weighted by molar-refractivity contribution is -0.141. The zero-order valence-electron chi connectivity index (χ0n) is 8.94. The first kappa shape index (κ1) is 15.6. The minimum Gasteiger partial charge on any atom is -0.505 e. The smallest absolute Gasteiger partial charge is 0.307 e. The molecule has 3 N–H and O–H groups in total. The lowest BCUT2D eigenvalue weighted by atomic mass is 10.0. The zero-order valence-corrected chi connectivity index (χ0v) is 9.76. The number of carbonyl (C=O) groups is 1. The van der Waals surface area contributed by atoms with Crippen LogP contribution in [0.4, 0.5) is 8.78 Å². The molecule has 1 atom stereocenters. The molecule has 0 saturated heterocycles. The number of nitrogens with two attached hydrogens (primary N) is 1. The Morgan fingerprint density at radius 2 is 2.00 bits per heavy atom. The molecule has 0 saturated carbocycles. The van der Waals surface area contributed by atoms with Gasteiger partial charge in [-0.2, -0.15) is 0 Å². The molecule has 0 unspecified atom stereocenters. The summed E-state index contributed by atoms with van der Waals surface area (Å²) in [5, 5.41) is 9.29. The Morgan fingerprint density at radius 1 is 1.47 bits per heavy atom. The van der Waals surface area contributed by atoms with Gasteiger partial charge in [0, 0.05) is 11.6 Å². The highest BCUT2D eigenvalue weighted by Crippen LogP contribution is 2.30. The molecule has 0 heterocycles. The van der Waals surface area contributed by atoms with Crippen LogP contribution in [0.5, 0.6) is 5.75 Å². The van der Waals surface area contributed by atoms with Crippen LogP contribution in [0.3, 0.4) is 0 Å². The lowest BCUT2D eigenvalue weighted by Gasteiger charge is -2.13. The molecule has 1 aromatic rings. The van der Waals surface area contributed by atoms with E-state index in [4.69, 9.17) is 5.73 Å². The van der Waals surface area contributed by atoms with E-state index in [2.05, 4.69) is 4.74 Å². The molecule has 7 heteroatoms. The van der Waals surface area contributed by atoms with Gasteiger partial charge < -0.3 is 15.6 Å². The van der Waals surface area contributed by atoms with Gasteiger partial charge in [0.25, 0.3) is 0 Å². The first-order chi connectivity index (χ1) is 7.47. The predicted molar refractivity (Wildman–Crippen MR) is 58.8 cm³/mol. The van der Waals surface area contributed by atoms with Crippen LogP contribution in [0.1, 0.15) is 18.0 Å². The third kappa shape index (κ3) is 3.54. The number of carbonyl (C=O) groups excluding carboxylic acids is 1. The fraction of sp³-hybridized carbons (Fsp3) is 0.300. The summed E-state index contributed by atoms with van der Waals surface area (Å²) >= 11 is 0. The number of halogens is 3. The van der Waals surface area contributed by atoms with Gasteiger partial charge in [0.05, 0.1) is 13.5 Å². The fourth-order valence-corrected chi connectivity index (χ4v) is 1.27. The summed E-state index contributed by atoms with van der Waals surface area (Å²) in [6.45, 7) is 0. The largest absolute Gasteiger partial charge is 0.505 e. The van der Waals surface area contributed by atoms with Crippen LogP contribution >= 0.6 is 12.4 Å². The number of aromatic hydroxyl groups is 1. The summed E-state index contributed by atoms with van der Waals surface area (Å²) < 4.78 is 30.6. The van der Waals surface area contributed by atoms with Crippen LogP contribution in [0.15, 0.2) is 12.1 Å². The molecule has 0 spiro atoms. The van der Waals surface area contributed by atoms with Gasteiger partial charge in [-0.15, -0.1) is 12.4 Å². The molecule has 17 heavy (non-hydrogen) atoms. The van der Waals surface area contributed by atoms with Crippen molar-refractivity contribution >= 4 is 18.4 Å². The van der Waals surface area contributed by atoms with Crippen molar-refractivity contribution in [1.29, 1.82) is 0 Å². The van der Waals surface area contributed by atoms with Crippen LogP contribution < -0.4 is 5.73 Å². The van der Waals surface area contributed by atoms with Crippen molar-refractivity contribution in [3.63, 3.8) is 0 Å². The summed E-state index contributed by atoms with van der Waals surface area (Å²) in [6.07, 6.45) is -0.343. The van der Waals surface area contributed by atoms with Gasteiger partial charge in [-0.25, -0.2) is 8.78 Å². The van der Waals surface area contributed by atoms with E-state index in [-0.39, 0.29) is 18.8 Å². The maximum atomic E-state index is 13.3. The predicted octanol–water partition coefficient (Wildman–Crippen LogP) is 1.66. The maximum Gasteiger partial charge on any atom is 0.307 e. The summed E-state index contributed by atoms with van der Waals surface area (Å²) in [5.74, 6) is -3.40. The number of methoxy groups -OCH3 is 1. The van der Waals surface area contributed by atoms with Gasteiger partial charge in [0.1, 0.15) is 5.82 Å². The number of benzene rings is 1. The molecule has 4 nitrogen and oxygen atoms in total. The van der Waals surface area contributed by atoms with Gasteiger partial charge >= 0.3 is 5.97 Å². The second kappa shape index (κ2) is 6.36. The molecule has 0 bridgehead atoms. The number of ether oxygens (including phenoxy) is 1. The third-order valence-electron chi connectivity index (χ3n) is 2.10. The van der Waals surface area contributed by atoms with E-state index in [0.29, 0.717) is 0 Å². The van der Waals surface area contributed by atoms with Crippen molar-refractivity contribution in [2.45, 2.75) is 12.5 Å². The second-order valence-electron chi connectivity index (χ2n) is 3.18. The van der Waals surface area contributed by atoms with Crippen molar-refractivity contribution in [3.8, 4) is 5.75 Å². The molecule has 1 rings (SSSR count). The Hall–Kier alpha value is -1.40. The maximum absolute atomic E-state index is 13.3. The minimum atomic E-state index is -1.15. The lowest BCUT2D eigenvalue weighted by Crippen LogP contribution is -2.18. The molecular formula is C10H12ClF2NO3. The van der Waals surface area contributed by atoms with Crippen LogP contribution in [-0.4, -0.2) is 18.2 Å². The summed E-state index contributed by atoms with van der Waals surface area (Å²) in [7, 11) is 1.15. The third-order valence-corrected chi connectivity index (χ3v) is 2.10. The summed E-state index contributed by atoms with van der Waals surface area (Å²) in [4.78, 5) is 10.9. The van der Waals surface area contributed by atoms with Crippen LogP contribution in [0, 0.1) is 11.6 Å². The number of hydrogen-bond acceptors (Lipinski definition) is 4. The molecule has 0 aliphatic rings. The average molecular weight is 268 g/mol. The molecule has 96 valence electrons. The summed E-state index contributed by atoms with van der Waals surface area (Å²) in [6, 6.07) is 0.462. The molecule has 0 amide bonds. The Labute approximate surface area is 103 Å². The van der Waals surface area contributed by atoms with Gasteiger partial charge in [-0.05, 0) is 12.1 Å². The van der Waals surface area contributed by atoms with Crippen molar-refractivity contribution in [2.24, 2.45) is 5.73 Å². The van der Waals surface area contributed by atoms with E-state index in [1.54, 1.807) is 0 Å². The number of phenolic OH excluding ortho intramolecular Hbond substituents is 1. The fourth-order valence-electron chi connectivity index (χ4n) is 1.27. The highest BCUT2D eigenvalue weighted by Gasteiger charge is 2.21. The van der Waals surface area contributed by atoms with Crippen molar-refractivity contribution < 1.29 is 23.4 Å². The average Bonchev–Trinajstić information content (AvgIpc) is 2.24. The van der Waals surface area contributed by atoms with E-state index in [0.717, 1.165) is 19.2 Å². The van der Waals surface area contributed by atoms with Gasteiger partial charge in [-0.3, -0.25) is 4.79 Å². The molecule has 0 radical (unpaired) electrons. The Bertz CT molecular complexity index is 415. The quantitative estimate of drug-likeness (QED) is 0.817. The Balaban J connectivity index is 0.00000256. The molecular weight excluding hydrogens is 256 g/mol. The van der Waals surface area contributed by atoms with E-state index >= 15 is 0 Å². The minimum absolute atomic E-state index is 0. The standard InChI is InChI=1S/C10H11F2NO3.ClH/c1-16-8(14)4-7(13)9-5(11)2-3-6(12)10(9)15;/h2-3,7,15H,4,13H2,1H3;1H/t7-;/m1./s1. The highest BCUT2D eigenvalue weighted by atomic mass is 35.5. The van der Waals surface area contributed by atoms with Crippen molar-refractivity contribution in [3.05, 3.63) is 29.3 Å². The van der Waals surface area contributed by atoms with E-state index in [1.807, 2.05) is 0 Å². The first-order valence-corrected chi connectivity index (χ1v) is 4.46. The van der Waals surface area contributed by atoms with Gasteiger partial charge in [-0.1, -0.05) is 0 Å². The monoisotopic (exact) mass is 267 g/mol. The van der Waals surface area contributed by atoms with Gasteiger partial charge in [0.15, 0.2) is 11.6 Å². The van der Waals surface area contributed by atoms with Crippen molar-refractivity contribution in [2.75, 3.05) is 7.11 Å². The number of rotatable bonds is 3. The number of phenols is 1. The highest BCUT2D eigenvalue weighted by molar-refractivity contribution is 5.85. The number of esters is 1. The van der Waals surface area contributed by atoms with E-state index in [9.17, 15) is 18.7 Å². The van der Waals surface area contributed by atoms with Crippen LogP contribution in [0.25, 0.3) is 0 Å². The molecule has 1 aromatic carbocycles. The molecule has 0 fully saturated rings. The second-order valence-corrected chi connectivity index (χ2v) is 3.18.